The van der Waals surface area contributed by atoms with Crippen molar-refractivity contribution in [3.05, 3.63) is 65.5 Å². The van der Waals surface area contributed by atoms with Gasteiger partial charge in [-0.15, -0.1) is 0 Å². The Hall–Kier alpha value is -2.38. The van der Waals surface area contributed by atoms with Crippen LogP contribution < -0.4 is 4.74 Å². The molecule has 2 aromatic rings. The average molecular weight is 271 g/mol. The maximum Gasteiger partial charge on any atom is 0.128 e. The molecule has 0 amide bonds. The lowest BCUT2D eigenvalue weighted by Gasteiger charge is -2.08. The molecule has 0 saturated carbocycles. The highest BCUT2D eigenvalue weighted by molar-refractivity contribution is 5.33. The molecule has 0 atom stereocenters. The van der Waals surface area contributed by atoms with Crippen LogP contribution in [0.5, 0.6) is 5.75 Å². The van der Waals surface area contributed by atoms with Crippen molar-refractivity contribution >= 4 is 0 Å². The number of halogens is 1. The Kier molecular flexibility index (Phi) is 5.10. The van der Waals surface area contributed by atoms with Crippen LogP contribution in [0.1, 0.15) is 11.1 Å². The van der Waals surface area contributed by atoms with Crippen LogP contribution in [0.15, 0.2) is 48.5 Å². The fourth-order valence-electron chi connectivity index (χ4n) is 1.67. The second kappa shape index (κ2) is 7.27. The third kappa shape index (κ3) is 4.08. The van der Waals surface area contributed by atoms with Crippen LogP contribution in [0.25, 0.3) is 0 Å². The molecule has 0 radical (unpaired) electrons. The minimum atomic E-state index is -0.368. The third-order valence-corrected chi connectivity index (χ3v) is 2.67. The maximum absolute atomic E-state index is 13.5. The Labute approximate surface area is 117 Å². The summed E-state index contributed by atoms with van der Waals surface area (Å²) >= 11 is 0. The molecule has 0 unspecified atom stereocenters. The van der Waals surface area contributed by atoms with Crippen LogP contribution in [0.4, 0.5) is 4.39 Å². The van der Waals surface area contributed by atoms with Gasteiger partial charge in [0.15, 0.2) is 0 Å². The van der Waals surface area contributed by atoms with E-state index in [1.165, 1.54) is 18.2 Å². The van der Waals surface area contributed by atoms with Crippen molar-refractivity contribution in [3.63, 3.8) is 0 Å². The minimum Gasteiger partial charge on any atom is -0.491 e. The first-order valence-electron chi connectivity index (χ1n) is 6.24. The van der Waals surface area contributed by atoms with E-state index in [1.54, 1.807) is 0 Å². The Bertz CT molecular complexity index is 593. The zero-order valence-electron chi connectivity index (χ0n) is 10.9. The van der Waals surface area contributed by atoms with Crippen molar-refractivity contribution in [2.45, 2.75) is 6.61 Å². The van der Waals surface area contributed by atoms with Crippen LogP contribution in [0, 0.1) is 17.1 Å². The molecule has 4 heteroatoms. The van der Waals surface area contributed by atoms with E-state index in [-0.39, 0.29) is 12.4 Å². The number of rotatable bonds is 6. The zero-order chi connectivity index (χ0) is 14.2. The zero-order valence-corrected chi connectivity index (χ0v) is 10.9. The van der Waals surface area contributed by atoms with Gasteiger partial charge < -0.3 is 9.47 Å². The molecular weight excluding hydrogens is 257 g/mol. The van der Waals surface area contributed by atoms with E-state index in [0.717, 1.165) is 5.75 Å². The van der Waals surface area contributed by atoms with E-state index in [0.29, 0.717) is 24.3 Å². The molecule has 0 heterocycles. The van der Waals surface area contributed by atoms with E-state index in [2.05, 4.69) is 0 Å². The average Bonchev–Trinajstić information content (AvgIpc) is 2.50. The SMILES string of the molecule is N#Cc1ccc(F)c(COCCOc2ccccc2)c1. The van der Waals surface area contributed by atoms with Gasteiger partial charge in [-0.05, 0) is 30.3 Å². The fraction of sp³-hybridized carbons (Fsp3) is 0.188. The molecule has 3 nitrogen and oxygen atoms in total. The molecule has 2 rings (SSSR count). The minimum absolute atomic E-state index is 0.125. The first kappa shape index (κ1) is 14.0. The first-order chi connectivity index (χ1) is 9.79. The molecule has 0 aromatic heterocycles. The highest BCUT2D eigenvalue weighted by Gasteiger charge is 2.03. The van der Waals surface area contributed by atoms with Gasteiger partial charge in [0.05, 0.1) is 24.8 Å². The largest absolute Gasteiger partial charge is 0.491 e. The van der Waals surface area contributed by atoms with Crippen molar-refractivity contribution in [2.24, 2.45) is 0 Å². The summed E-state index contributed by atoms with van der Waals surface area (Å²) in [5.74, 6) is 0.404. The van der Waals surface area contributed by atoms with Gasteiger partial charge in [0.1, 0.15) is 18.2 Å². The summed E-state index contributed by atoms with van der Waals surface area (Å²) in [6.45, 7) is 0.869. The Morgan fingerprint density at radius 3 is 2.60 bits per heavy atom. The van der Waals surface area contributed by atoms with Crippen molar-refractivity contribution in [2.75, 3.05) is 13.2 Å². The Balaban J connectivity index is 1.75. The molecule has 0 aliphatic heterocycles. The summed E-state index contributed by atoms with van der Waals surface area (Å²) in [5, 5.41) is 8.76. The third-order valence-electron chi connectivity index (χ3n) is 2.67. The number of hydrogen-bond donors (Lipinski definition) is 0. The Morgan fingerprint density at radius 1 is 1.05 bits per heavy atom. The van der Waals surface area contributed by atoms with E-state index in [4.69, 9.17) is 14.7 Å². The standard InChI is InChI=1S/C16H14FNO2/c17-16-7-6-13(11-18)10-14(16)12-19-8-9-20-15-4-2-1-3-5-15/h1-7,10H,8-9,12H2. The van der Waals surface area contributed by atoms with Crippen molar-refractivity contribution in [3.8, 4) is 11.8 Å². The van der Waals surface area contributed by atoms with Crippen molar-refractivity contribution < 1.29 is 13.9 Å². The van der Waals surface area contributed by atoms with Crippen molar-refractivity contribution in [1.29, 1.82) is 5.26 Å². The summed E-state index contributed by atoms with van der Waals surface area (Å²) in [7, 11) is 0. The van der Waals surface area contributed by atoms with E-state index in [1.807, 2.05) is 36.4 Å². The summed E-state index contributed by atoms with van der Waals surface area (Å²) in [5.41, 5.74) is 0.800. The lowest BCUT2D eigenvalue weighted by molar-refractivity contribution is 0.0872. The number of hydrogen-bond acceptors (Lipinski definition) is 3. The summed E-state index contributed by atoms with van der Waals surface area (Å²) < 4.78 is 24.3. The summed E-state index contributed by atoms with van der Waals surface area (Å²) in [6.07, 6.45) is 0. The van der Waals surface area contributed by atoms with Gasteiger partial charge in [-0.1, -0.05) is 18.2 Å². The quantitative estimate of drug-likeness (QED) is 0.757. The normalized spacial score (nSPS) is 10.0. The van der Waals surface area contributed by atoms with Gasteiger partial charge in [-0.2, -0.15) is 5.26 Å². The van der Waals surface area contributed by atoms with Crippen LogP contribution in [0.2, 0.25) is 0 Å². The Morgan fingerprint density at radius 2 is 1.85 bits per heavy atom. The molecule has 0 aliphatic carbocycles. The molecule has 0 bridgehead atoms. The van der Waals surface area contributed by atoms with Crippen LogP contribution in [-0.2, 0) is 11.3 Å². The first-order valence-corrected chi connectivity index (χ1v) is 6.24. The second-order valence-corrected chi connectivity index (χ2v) is 4.13. The molecule has 20 heavy (non-hydrogen) atoms. The van der Waals surface area contributed by atoms with Gasteiger partial charge in [-0.25, -0.2) is 4.39 Å². The van der Waals surface area contributed by atoms with Crippen LogP contribution in [-0.4, -0.2) is 13.2 Å². The van der Waals surface area contributed by atoms with Gasteiger partial charge in [0.25, 0.3) is 0 Å². The molecule has 0 N–H and O–H groups in total. The van der Waals surface area contributed by atoms with Gasteiger partial charge in [0, 0.05) is 5.56 Å². The number of para-hydroxylation sites is 1. The van der Waals surface area contributed by atoms with E-state index >= 15 is 0 Å². The highest BCUT2D eigenvalue weighted by atomic mass is 19.1. The number of nitrogens with zero attached hydrogens (tertiary/aromatic N) is 1. The molecule has 0 fully saturated rings. The monoisotopic (exact) mass is 271 g/mol. The van der Waals surface area contributed by atoms with Gasteiger partial charge in [0.2, 0.25) is 0 Å². The fourth-order valence-corrected chi connectivity index (χ4v) is 1.67. The summed E-state index contributed by atoms with van der Waals surface area (Å²) in [4.78, 5) is 0. The lowest BCUT2D eigenvalue weighted by atomic mass is 10.1. The highest BCUT2D eigenvalue weighted by Crippen LogP contribution is 2.11. The van der Waals surface area contributed by atoms with E-state index < -0.39 is 0 Å². The smallest absolute Gasteiger partial charge is 0.128 e. The second-order valence-electron chi connectivity index (χ2n) is 4.13. The molecule has 0 spiro atoms. The van der Waals surface area contributed by atoms with Gasteiger partial charge in [-0.3, -0.25) is 0 Å². The molecule has 2 aromatic carbocycles. The molecule has 0 saturated heterocycles. The van der Waals surface area contributed by atoms with Gasteiger partial charge >= 0.3 is 0 Å². The molecular formula is C16H14FNO2. The number of ether oxygens (including phenoxy) is 2. The number of nitriles is 1. The topological polar surface area (TPSA) is 42.2 Å². The maximum atomic E-state index is 13.5. The number of benzene rings is 2. The van der Waals surface area contributed by atoms with E-state index in [9.17, 15) is 4.39 Å². The predicted molar refractivity (Wildman–Crippen MR) is 72.7 cm³/mol. The predicted octanol–water partition coefficient (Wildman–Crippen LogP) is 3.29. The molecule has 102 valence electrons. The van der Waals surface area contributed by atoms with Crippen LogP contribution >= 0.6 is 0 Å². The van der Waals surface area contributed by atoms with Crippen molar-refractivity contribution in [1.82, 2.24) is 0 Å². The lowest BCUT2D eigenvalue weighted by Crippen LogP contribution is -2.07. The molecule has 0 aliphatic rings. The van der Waals surface area contributed by atoms with Crippen LogP contribution in [0.3, 0.4) is 0 Å². The summed E-state index contributed by atoms with van der Waals surface area (Å²) in [6, 6.07) is 15.6.